The normalized spacial score (nSPS) is 25.5. The highest BCUT2D eigenvalue weighted by Crippen LogP contribution is 2.34. The lowest BCUT2D eigenvalue weighted by molar-refractivity contribution is 0.130. The van der Waals surface area contributed by atoms with Gasteiger partial charge in [-0.3, -0.25) is 4.90 Å². The lowest BCUT2D eigenvalue weighted by Gasteiger charge is -2.37. The highest BCUT2D eigenvalue weighted by molar-refractivity contribution is 5.35. The Bertz CT molecular complexity index is 427. The molecule has 106 valence electrons. The van der Waals surface area contributed by atoms with Crippen molar-refractivity contribution in [3.05, 3.63) is 29.6 Å². The van der Waals surface area contributed by atoms with Crippen LogP contribution in [-0.4, -0.2) is 23.1 Å². The van der Waals surface area contributed by atoms with Crippen molar-refractivity contribution in [3.63, 3.8) is 0 Å². The molecule has 1 aliphatic rings. The van der Waals surface area contributed by atoms with E-state index in [1.165, 1.54) is 43.9 Å². The SMILES string of the molecule is CC1CCC(N(C)C(C)c2cc(F)ccc2O)CC1. The van der Waals surface area contributed by atoms with E-state index in [9.17, 15) is 9.50 Å². The molecule has 0 aromatic heterocycles. The number of halogens is 1. The van der Waals surface area contributed by atoms with E-state index in [1.54, 1.807) is 0 Å². The van der Waals surface area contributed by atoms with Crippen molar-refractivity contribution in [2.75, 3.05) is 7.05 Å². The minimum atomic E-state index is -0.287. The molecule has 0 radical (unpaired) electrons. The Labute approximate surface area is 115 Å². The molecule has 0 saturated heterocycles. The summed E-state index contributed by atoms with van der Waals surface area (Å²) >= 11 is 0. The zero-order valence-electron chi connectivity index (χ0n) is 12.1. The molecule has 1 aromatic rings. The first-order valence-corrected chi connectivity index (χ1v) is 7.19. The fourth-order valence-corrected chi connectivity index (χ4v) is 3.05. The van der Waals surface area contributed by atoms with Crippen molar-refractivity contribution in [3.8, 4) is 5.75 Å². The molecule has 0 spiro atoms. The van der Waals surface area contributed by atoms with E-state index < -0.39 is 0 Å². The molecule has 1 fully saturated rings. The number of rotatable bonds is 3. The third kappa shape index (κ3) is 3.27. The predicted octanol–water partition coefficient (Wildman–Crippen LogP) is 4.10. The van der Waals surface area contributed by atoms with Crippen molar-refractivity contribution in [2.45, 2.75) is 51.6 Å². The zero-order valence-corrected chi connectivity index (χ0v) is 12.1. The second-order valence-corrected chi connectivity index (χ2v) is 5.96. The maximum Gasteiger partial charge on any atom is 0.123 e. The van der Waals surface area contributed by atoms with Crippen LogP contribution in [0.3, 0.4) is 0 Å². The van der Waals surface area contributed by atoms with Gasteiger partial charge in [0.2, 0.25) is 0 Å². The Kier molecular flexibility index (Phi) is 4.46. The Morgan fingerprint density at radius 2 is 1.89 bits per heavy atom. The molecule has 3 heteroatoms. The minimum Gasteiger partial charge on any atom is -0.508 e. The van der Waals surface area contributed by atoms with Crippen LogP contribution in [0.5, 0.6) is 5.75 Å². The highest BCUT2D eigenvalue weighted by atomic mass is 19.1. The van der Waals surface area contributed by atoms with E-state index in [-0.39, 0.29) is 17.6 Å². The molecule has 19 heavy (non-hydrogen) atoms. The van der Waals surface area contributed by atoms with Gasteiger partial charge in [0, 0.05) is 17.6 Å². The summed E-state index contributed by atoms with van der Waals surface area (Å²) < 4.78 is 13.3. The molecule has 1 unspecified atom stereocenters. The fraction of sp³-hybridized carbons (Fsp3) is 0.625. The van der Waals surface area contributed by atoms with E-state index in [4.69, 9.17) is 0 Å². The molecule has 0 aliphatic heterocycles. The van der Waals surface area contributed by atoms with E-state index in [0.29, 0.717) is 11.6 Å². The summed E-state index contributed by atoms with van der Waals surface area (Å²) in [7, 11) is 2.08. The van der Waals surface area contributed by atoms with Crippen molar-refractivity contribution in [1.82, 2.24) is 4.90 Å². The van der Waals surface area contributed by atoms with Gasteiger partial charge in [-0.1, -0.05) is 6.92 Å². The van der Waals surface area contributed by atoms with Gasteiger partial charge in [-0.15, -0.1) is 0 Å². The van der Waals surface area contributed by atoms with Gasteiger partial charge in [-0.2, -0.15) is 0 Å². The van der Waals surface area contributed by atoms with Crippen molar-refractivity contribution in [1.29, 1.82) is 0 Å². The van der Waals surface area contributed by atoms with Gasteiger partial charge >= 0.3 is 0 Å². The number of benzene rings is 1. The first-order chi connectivity index (χ1) is 8.99. The molecule has 1 aromatic carbocycles. The summed E-state index contributed by atoms with van der Waals surface area (Å²) in [5.74, 6) is 0.720. The van der Waals surface area contributed by atoms with Gasteiger partial charge in [0.15, 0.2) is 0 Å². The maximum atomic E-state index is 13.3. The summed E-state index contributed by atoms with van der Waals surface area (Å²) in [5, 5.41) is 9.90. The van der Waals surface area contributed by atoms with Gasteiger partial charge < -0.3 is 5.11 Å². The Balaban J connectivity index is 2.10. The third-order valence-corrected chi connectivity index (χ3v) is 4.61. The second kappa shape index (κ2) is 5.91. The number of phenolic OH excluding ortho intramolecular Hbond substituents is 1. The van der Waals surface area contributed by atoms with Crippen molar-refractivity contribution >= 4 is 0 Å². The number of phenols is 1. The fourth-order valence-electron chi connectivity index (χ4n) is 3.05. The monoisotopic (exact) mass is 265 g/mol. The maximum absolute atomic E-state index is 13.3. The molecule has 1 saturated carbocycles. The molecule has 2 nitrogen and oxygen atoms in total. The first-order valence-electron chi connectivity index (χ1n) is 7.19. The van der Waals surface area contributed by atoms with Gasteiger partial charge in [-0.05, 0) is 63.8 Å². The average Bonchev–Trinajstić information content (AvgIpc) is 2.41. The summed E-state index contributed by atoms with van der Waals surface area (Å²) in [5.41, 5.74) is 0.682. The number of aromatic hydroxyl groups is 1. The van der Waals surface area contributed by atoms with Crippen LogP contribution in [0.4, 0.5) is 4.39 Å². The van der Waals surface area contributed by atoms with Crippen LogP contribution < -0.4 is 0 Å². The molecular formula is C16H24FNO. The summed E-state index contributed by atoms with van der Waals surface area (Å²) in [6.07, 6.45) is 4.91. The molecule has 1 atom stereocenters. The van der Waals surface area contributed by atoms with Crippen LogP contribution in [0, 0.1) is 11.7 Å². The van der Waals surface area contributed by atoms with Gasteiger partial charge in [-0.25, -0.2) is 4.39 Å². The van der Waals surface area contributed by atoms with Crippen LogP contribution >= 0.6 is 0 Å². The number of hydrogen-bond donors (Lipinski definition) is 1. The molecule has 1 N–H and O–H groups in total. The van der Waals surface area contributed by atoms with Crippen LogP contribution in [0.1, 0.15) is 51.1 Å². The van der Waals surface area contributed by atoms with E-state index in [1.807, 2.05) is 6.92 Å². The Morgan fingerprint density at radius 3 is 2.53 bits per heavy atom. The van der Waals surface area contributed by atoms with Gasteiger partial charge in [0.25, 0.3) is 0 Å². The van der Waals surface area contributed by atoms with Gasteiger partial charge in [0.05, 0.1) is 0 Å². The molecule has 0 bridgehead atoms. The van der Waals surface area contributed by atoms with E-state index >= 15 is 0 Å². The third-order valence-electron chi connectivity index (χ3n) is 4.61. The minimum absolute atomic E-state index is 0.0362. The molecule has 1 aliphatic carbocycles. The summed E-state index contributed by atoms with van der Waals surface area (Å²) in [4.78, 5) is 2.28. The standard InChI is InChI=1S/C16H24FNO/c1-11-4-7-14(8-5-11)18(3)12(2)15-10-13(17)6-9-16(15)19/h6,9-12,14,19H,4-5,7-8H2,1-3H3. The van der Waals surface area contributed by atoms with E-state index in [0.717, 1.165) is 5.92 Å². The summed E-state index contributed by atoms with van der Waals surface area (Å²) in [6.45, 7) is 4.34. The average molecular weight is 265 g/mol. The van der Waals surface area contributed by atoms with Crippen LogP contribution in [0.2, 0.25) is 0 Å². The van der Waals surface area contributed by atoms with Gasteiger partial charge in [0.1, 0.15) is 11.6 Å². The quantitative estimate of drug-likeness (QED) is 0.889. The Morgan fingerprint density at radius 1 is 1.26 bits per heavy atom. The summed E-state index contributed by atoms with van der Waals surface area (Å²) in [6, 6.07) is 4.76. The molecule has 0 heterocycles. The van der Waals surface area contributed by atoms with Crippen molar-refractivity contribution < 1.29 is 9.50 Å². The Hall–Kier alpha value is -1.09. The van der Waals surface area contributed by atoms with Crippen LogP contribution in [-0.2, 0) is 0 Å². The smallest absolute Gasteiger partial charge is 0.123 e. The topological polar surface area (TPSA) is 23.5 Å². The van der Waals surface area contributed by atoms with Crippen LogP contribution in [0.25, 0.3) is 0 Å². The second-order valence-electron chi connectivity index (χ2n) is 5.96. The highest BCUT2D eigenvalue weighted by Gasteiger charge is 2.26. The molecular weight excluding hydrogens is 241 g/mol. The lowest BCUT2D eigenvalue weighted by Crippen LogP contribution is -2.36. The first kappa shape index (κ1) is 14.3. The predicted molar refractivity (Wildman–Crippen MR) is 75.7 cm³/mol. The number of nitrogens with zero attached hydrogens (tertiary/aromatic N) is 1. The lowest BCUT2D eigenvalue weighted by atomic mass is 9.86. The number of hydrogen-bond acceptors (Lipinski definition) is 2. The zero-order chi connectivity index (χ0) is 14.0. The molecule has 0 amide bonds. The molecule has 2 rings (SSSR count). The van der Waals surface area contributed by atoms with Crippen LogP contribution in [0.15, 0.2) is 18.2 Å². The largest absolute Gasteiger partial charge is 0.508 e. The van der Waals surface area contributed by atoms with E-state index in [2.05, 4.69) is 18.9 Å². The van der Waals surface area contributed by atoms with Crippen molar-refractivity contribution in [2.24, 2.45) is 5.92 Å².